The molecule has 4 rings (SSSR count). The summed E-state index contributed by atoms with van der Waals surface area (Å²) in [5.41, 5.74) is 0.970. The van der Waals surface area contributed by atoms with Gasteiger partial charge < -0.3 is 35.1 Å². The Morgan fingerprint density at radius 3 is 2.43 bits per heavy atom. The number of imide groups is 1. The number of urea groups is 2. The van der Waals surface area contributed by atoms with Crippen LogP contribution in [0, 0.1) is 11.6 Å². The van der Waals surface area contributed by atoms with E-state index in [1.807, 2.05) is 24.3 Å². The second-order valence-electron chi connectivity index (χ2n) is 9.81. The average Bonchev–Trinajstić information content (AvgIpc) is 3.00. The Labute approximate surface area is 242 Å². The number of hydrogen-bond donors (Lipinski definition) is 3. The lowest BCUT2D eigenvalue weighted by atomic mass is 9.93. The number of hydrogen-bond acceptors (Lipinski definition) is 8. The fraction of sp³-hybridized carbons (Fsp3) is 0.414. The van der Waals surface area contributed by atoms with E-state index in [0.717, 1.165) is 61.5 Å². The summed E-state index contributed by atoms with van der Waals surface area (Å²) in [6.45, 7) is 2.07. The first-order chi connectivity index (χ1) is 20.3. The maximum Gasteiger partial charge on any atom is 0.338 e. The van der Waals surface area contributed by atoms with Gasteiger partial charge in [-0.1, -0.05) is 18.2 Å². The zero-order valence-corrected chi connectivity index (χ0v) is 23.7. The van der Waals surface area contributed by atoms with Crippen molar-refractivity contribution in [3.8, 4) is 5.75 Å². The average molecular weight is 588 g/mol. The molecule has 0 unspecified atom stereocenters. The lowest BCUT2D eigenvalue weighted by Crippen LogP contribution is -2.56. The Kier molecular flexibility index (Phi) is 10.3. The molecule has 0 spiro atoms. The van der Waals surface area contributed by atoms with E-state index in [-0.39, 0.29) is 36.0 Å². The summed E-state index contributed by atoms with van der Waals surface area (Å²) in [7, 11) is 4.14. The fourth-order valence-electron chi connectivity index (χ4n) is 5.23. The summed E-state index contributed by atoms with van der Waals surface area (Å²) in [5.74, 6) is -2.35. The van der Waals surface area contributed by atoms with Gasteiger partial charge in [-0.05, 0) is 42.7 Å². The second kappa shape index (κ2) is 14.1. The van der Waals surface area contributed by atoms with Crippen molar-refractivity contribution in [1.82, 2.24) is 20.9 Å². The number of nitrogens with zero attached hydrogens (tertiary/aromatic N) is 2. The number of rotatable bonds is 10. The molecule has 1 atom stereocenters. The minimum absolute atomic E-state index is 0.00725. The fourth-order valence-corrected chi connectivity index (χ4v) is 5.23. The normalized spacial score (nSPS) is 17.6. The largest absolute Gasteiger partial charge is 0.495 e. The van der Waals surface area contributed by atoms with Gasteiger partial charge in [0, 0.05) is 39.3 Å². The Bertz CT molecular complexity index is 1330. The van der Waals surface area contributed by atoms with Crippen LogP contribution >= 0.6 is 0 Å². The van der Waals surface area contributed by atoms with Crippen molar-refractivity contribution < 1.29 is 37.4 Å². The number of carbonyl (C=O) groups excluding carboxylic acids is 3. The number of halogens is 2. The third-order valence-corrected chi connectivity index (χ3v) is 7.26. The Hall–Kier alpha value is -4.23. The molecule has 0 bridgehead atoms. The third kappa shape index (κ3) is 6.80. The Morgan fingerprint density at radius 1 is 1.02 bits per heavy atom. The molecule has 0 aliphatic carbocycles. The highest BCUT2D eigenvalue weighted by Crippen LogP contribution is 2.35. The van der Waals surface area contributed by atoms with Gasteiger partial charge in [0.05, 0.1) is 37.8 Å². The Morgan fingerprint density at radius 2 is 1.76 bits per heavy atom. The summed E-state index contributed by atoms with van der Waals surface area (Å²) >= 11 is 0. The first kappa shape index (κ1) is 30.7. The van der Waals surface area contributed by atoms with Crippen molar-refractivity contribution in [3.05, 3.63) is 70.9 Å². The number of nitrogens with one attached hydrogen (secondary N) is 3. The molecule has 4 amide bonds. The second-order valence-corrected chi connectivity index (χ2v) is 9.81. The zero-order valence-electron chi connectivity index (χ0n) is 23.7. The van der Waals surface area contributed by atoms with Gasteiger partial charge in [-0.2, -0.15) is 0 Å². The van der Waals surface area contributed by atoms with Crippen LogP contribution in [-0.2, 0) is 14.3 Å². The highest BCUT2D eigenvalue weighted by Gasteiger charge is 2.43. The van der Waals surface area contributed by atoms with Crippen molar-refractivity contribution >= 4 is 23.7 Å². The van der Waals surface area contributed by atoms with E-state index in [0.29, 0.717) is 6.54 Å². The van der Waals surface area contributed by atoms with Crippen LogP contribution < -0.4 is 25.6 Å². The predicted molar refractivity (Wildman–Crippen MR) is 150 cm³/mol. The quantitative estimate of drug-likeness (QED) is 0.287. The molecular weight excluding hydrogens is 552 g/mol. The van der Waals surface area contributed by atoms with Gasteiger partial charge in [0.15, 0.2) is 11.6 Å². The molecule has 1 saturated heterocycles. The minimum atomic E-state index is -1.39. The van der Waals surface area contributed by atoms with E-state index in [4.69, 9.17) is 14.2 Å². The highest BCUT2D eigenvalue weighted by atomic mass is 19.2. The maximum atomic E-state index is 14.2. The number of carbonyl (C=O) groups is 3. The molecule has 42 heavy (non-hydrogen) atoms. The smallest absolute Gasteiger partial charge is 0.338 e. The van der Waals surface area contributed by atoms with Crippen LogP contribution in [0.5, 0.6) is 5.75 Å². The molecule has 0 saturated carbocycles. The first-order valence-corrected chi connectivity index (χ1v) is 13.5. The number of esters is 1. The molecule has 0 radical (unpaired) electrons. The molecule has 3 N–H and O–H groups in total. The highest BCUT2D eigenvalue weighted by molar-refractivity contribution is 6.01. The first-order valence-electron chi connectivity index (χ1n) is 13.5. The van der Waals surface area contributed by atoms with Crippen LogP contribution in [0.3, 0.4) is 0 Å². The van der Waals surface area contributed by atoms with Crippen LogP contribution in [0.1, 0.15) is 24.4 Å². The van der Waals surface area contributed by atoms with E-state index >= 15 is 0 Å². The summed E-state index contributed by atoms with van der Waals surface area (Å²) in [6, 6.07) is 7.93. The van der Waals surface area contributed by atoms with Crippen molar-refractivity contribution in [2.24, 2.45) is 0 Å². The number of anilines is 1. The van der Waals surface area contributed by atoms with Crippen LogP contribution in [0.15, 0.2) is 53.7 Å². The summed E-state index contributed by atoms with van der Waals surface area (Å²) < 4.78 is 43.4. The molecule has 11 nitrogen and oxygen atoms in total. The number of piperidine rings is 1. The molecular formula is C29H35F2N5O6. The SMILES string of the molecule is COCC1=C(C(=O)OC)[C@H](c2ccc(F)c(F)c2)N(C(=O)NCCNC2CCN(c3ccccc3OC)CC2)C(=O)N1. The van der Waals surface area contributed by atoms with Crippen molar-refractivity contribution in [3.63, 3.8) is 0 Å². The van der Waals surface area contributed by atoms with Gasteiger partial charge >= 0.3 is 18.0 Å². The molecule has 2 heterocycles. The van der Waals surface area contributed by atoms with Crippen LogP contribution in [0.4, 0.5) is 24.1 Å². The lowest BCUT2D eigenvalue weighted by molar-refractivity contribution is -0.137. The number of methoxy groups -OCH3 is 3. The summed E-state index contributed by atoms with van der Waals surface area (Å²) in [4.78, 5) is 42.3. The molecule has 1 fully saturated rings. The molecule has 2 aliphatic rings. The standard InChI is InChI=1S/C29H35F2N5O6/c1-40-17-22-25(27(37)42-3)26(18-8-9-20(30)21(31)16-18)36(29(39)34-22)28(38)33-13-12-32-19-10-14-35(15-11-19)23-6-4-5-7-24(23)41-2/h4-9,16,19,26,32H,10-15,17H2,1-3H3,(H,33,38)(H,34,39)/t26-/m0/s1. The molecule has 13 heteroatoms. The van der Waals surface area contributed by atoms with Crippen molar-refractivity contribution in [1.29, 1.82) is 0 Å². The van der Waals surface area contributed by atoms with E-state index in [9.17, 15) is 23.2 Å². The Balaban J connectivity index is 1.41. The van der Waals surface area contributed by atoms with Gasteiger partial charge in [-0.25, -0.2) is 28.1 Å². The van der Waals surface area contributed by atoms with Gasteiger partial charge in [-0.3, -0.25) is 0 Å². The number of amides is 4. The summed E-state index contributed by atoms with van der Waals surface area (Å²) in [6.07, 6.45) is 1.77. The topological polar surface area (TPSA) is 121 Å². The lowest BCUT2D eigenvalue weighted by Gasteiger charge is -2.37. The maximum absolute atomic E-state index is 14.2. The molecule has 226 valence electrons. The number of para-hydroxylation sites is 2. The van der Waals surface area contributed by atoms with Crippen LogP contribution in [0.25, 0.3) is 0 Å². The van der Waals surface area contributed by atoms with E-state index < -0.39 is 35.7 Å². The van der Waals surface area contributed by atoms with Gasteiger partial charge in [0.25, 0.3) is 0 Å². The van der Waals surface area contributed by atoms with E-state index in [2.05, 4.69) is 20.9 Å². The van der Waals surface area contributed by atoms with Gasteiger partial charge in [-0.15, -0.1) is 0 Å². The predicted octanol–water partition coefficient (Wildman–Crippen LogP) is 3.08. The van der Waals surface area contributed by atoms with E-state index in [1.165, 1.54) is 13.2 Å². The number of benzene rings is 2. The molecule has 2 aliphatic heterocycles. The van der Waals surface area contributed by atoms with Crippen LogP contribution in [0.2, 0.25) is 0 Å². The van der Waals surface area contributed by atoms with Gasteiger partial charge in [0.1, 0.15) is 11.8 Å². The monoisotopic (exact) mass is 587 g/mol. The molecule has 2 aromatic rings. The van der Waals surface area contributed by atoms with Crippen molar-refractivity contribution in [2.75, 3.05) is 59.0 Å². The molecule has 2 aromatic carbocycles. The zero-order chi connectivity index (χ0) is 30.2. The van der Waals surface area contributed by atoms with Crippen molar-refractivity contribution in [2.45, 2.75) is 24.9 Å². The number of ether oxygens (including phenoxy) is 3. The summed E-state index contributed by atoms with van der Waals surface area (Å²) in [5, 5.41) is 8.60. The molecule has 0 aromatic heterocycles. The minimum Gasteiger partial charge on any atom is -0.495 e. The van der Waals surface area contributed by atoms with E-state index in [1.54, 1.807) is 7.11 Å². The van der Waals surface area contributed by atoms with Gasteiger partial charge in [0.2, 0.25) is 0 Å². The van der Waals surface area contributed by atoms with Crippen LogP contribution in [-0.4, -0.2) is 83.1 Å². The third-order valence-electron chi connectivity index (χ3n) is 7.26.